The van der Waals surface area contributed by atoms with E-state index in [1.165, 1.54) is 0 Å². The van der Waals surface area contributed by atoms with E-state index in [1.807, 2.05) is 36.5 Å². The lowest BCUT2D eigenvalue weighted by atomic mass is 9.81. The summed E-state index contributed by atoms with van der Waals surface area (Å²) < 4.78 is 20.7. The number of fused-ring (bicyclic) bond motifs is 1. The Kier molecular flexibility index (Phi) is 8.93. The van der Waals surface area contributed by atoms with Crippen LogP contribution in [0.1, 0.15) is 37.4 Å². The van der Waals surface area contributed by atoms with Crippen molar-refractivity contribution in [2.75, 3.05) is 32.5 Å². The number of rotatable bonds is 11. The number of aliphatic carboxylic acids is 1. The van der Waals surface area contributed by atoms with Gasteiger partial charge in [0, 0.05) is 35.4 Å². The first-order valence-electron chi connectivity index (χ1n) is 12.1. The summed E-state index contributed by atoms with van der Waals surface area (Å²) in [4.78, 5) is 23.9. The van der Waals surface area contributed by atoms with Gasteiger partial charge in [0.1, 0.15) is 11.9 Å². The highest BCUT2D eigenvalue weighted by atomic mass is 32.2. The minimum atomic E-state index is -1.18. The number of carbonyl (C=O) groups is 1. The van der Waals surface area contributed by atoms with Crippen LogP contribution in [0.15, 0.2) is 59.9 Å². The lowest BCUT2D eigenvalue weighted by molar-refractivity contribution is -0.146. The molecule has 1 aliphatic heterocycles. The minimum absolute atomic E-state index is 0.0191. The maximum absolute atomic E-state index is 15.4. The summed E-state index contributed by atoms with van der Waals surface area (Å²) in [6, 6.07) is 11.2. The van der Waals surface area contributed by atoms with Crippen LogP contribution in [0.5, 0.6) is 5.75 Å². The molecule has 0 saturated carbocycles. The lowest BCUT2D eigenvalue weighted by Gasteiger charge is -2.36. The Bertz CT molecular complexity index is 1120. The number of hydrogen-bond donors (Lipinski definition) is 1. The highest BCUT2D eigenvalue weighted by Crippen LogP contribution is 2.35. The summed E-state index contributed by atoms with van der Waals surface area (Å²) in [7, 11) is 1.59. The number of aromatic nitrogens is 2. The quantitative estimate of drug-likeness (QED) is 0.272. The van der Waals surface area contributed by atoms with Crippen LogP contribution in [-0.2, 0) is 4.79 Å². The molecule has 1 aliphatic rings. The summed E-state index contributed by atoms with van der Waals surface area (Å²) in [5.74, 6) is 0.373. The highest BCUT2D eigenvalue weighted by molar-refractivity contribution is 7.99. The zero-order valence-electron chi connectivity index (χ0n) is 20.0. The predicted molar refractivity (Wildman–Crippen MR) is 137 cm³/mol. The average Bonchev–Trinajstić information content (AvgIpc) is 2.89. The number of thioether (sulfide) groups is 1. The molecule has 3 heterocycles. The molecule has 8 heteroatoms. The Morgan fingerprint density at radius 1 is 1.31 bits per heavy atom. The first kappa shape index (κ1) is 25.4. The van der Waals surface area contributed by atoms with E-state index in [2.05, 4.69) is 14.9 Å². The van der Waals surface area contributed by atoms with Crippen molar-refractivity contribution in [3.8, 4) is 5.75 Å². The van der Waals surface area contributed by atoms with E-state index in [9.17, 15) is 9.90 Å². The number of carboxylic acid groups (broad SMARTS) is 1. The molecule has 4 rings (SSSR count). The van der Waals surface area contributed by atoms with Gasteiger partial charge in [0.2, 0.25) is 0 Å². The van der Waals surface area contributed by atoms with E-state index in [-0.39, 0.29) is 5.92 Å². The lowest BCUT2D eigenvalue weighted by Crippen LogP contribution is -2.44. The molecule has 0 amide bonds. The van der Waals surface area contributed by atoms with E-state index in [0.29, 0.717) is 30.7 Å². The fourth-order valence-electron chi connectivity index (χ4n) is 4.87. The summed E-state index contributed by atoms with van der Waals surface area (Å²) >= 11 is 1.77. The summed E-state index contributed by atoms with van der Waals surface area (Å²) in [5, 5.41) is 10.6. The molecule has 35 heavy (non-hydrogen) atoms. The number of benzene rings is 1. The van der Waals surface area contributed by atoms with Crippen molar-refractivity contribution in [3.63, 3.8) is 0 Å². The van der Waals surface area contributed by atoms with Crippen molar-refractivity contribution in [3.05, 3.63) is 60.6 Å². The predicted octanol–water partition coefficient (Wildman–Crippen LogP) is 5.63. The first-order valence-corrected chi connectivity index (χ1v) is 13.1. The van der Waals surface area contributed by atoms with Crippen molar-refractivity contribution < 1.29 is 19.0 Å². The number of ether oxygens (including phenoxy) is 1. The number of carboxylic acids is 1. The van der Waals surface area contributed by atoms with Crippen LogP contribution in [0.3, 0.4) is 0 Å². The Morgan fingerprint density at radius 3 is 2.97 bits per heavy atom. The number of alkyl halides is 1. The molecule has 0 radical (unpaired) electrons. The largest absolute Gasteiger partial charge is 0.497 e. The maximum Gasteiger partial charge on any atom is 0.308 e. The number of nitrogens with zero attached hydrogens (tertiary/aromatic N) is 3. The highest BCUT2D eigenvalue weighted by Gasteiger charge is 2.34. The monoisotopic (exact) mass is 497 g/mol. The molecule has 1 N–H and O–H groups in total. The molecule has 2 aromatic heterocycles. The Hall–Kier alpha value is -2.71. The van der Waals surface area contributed by atoms with Crippen LogP contribution in [0, 0.1) is 11.8 Å². The second-order valence-electron chi connectivity index (χ2n) is 9.01. The van der Waals surface area contributed by atoms with Crippen molar-refractivity contribution >= 4 is 28.6 Å². The van der Waals surface area contributed by atoms with Gasteiger partial charge in [0.05, 0.1) is 18.5 Å². The normalized spacial score (nSPS) is 19.5. The van der Waals surface area contributed by atoms with Crippen LogP contribution in [0.2, 0.25) is 0 Å². The van der Waals surface area contributed by atoms with Gasteiger partial charge in [-0.2, -0.15) is 0 Å². The van der Waals surface area contributed by atoms with Gasteiger partial charge in [-0.05, 0) is 92.4 Å². The van der Waals surface area contributed by atoms with Crippen LogP contribution >= 0.6 is 11.8 Å². The fourth-order valence-corrected chi connectivity index (χ4v) is 5.69. The third kappa shape index (κ3) is 6.70. The summed E-state index contributed by atoms with van der Waals surface area (Å²) in [6.45, 7) is 2.27. The van der Waals surface area contributed by atoms with Crippen LogP contribution in [0.4, 0.5) is 4.39 Å². The summed E-state index contributed by atoms with van der Waals surface area (Å²) in [5.41, 5.74) is 1.31. The van der Waals surface area contributed by atoms with Crippen molar-refractivity contribution in [2.24, 2.45) is 11.8 Å². The molecule has 1 aromatic carbocycles. The molecular formula is C27H32FN3O3S. The first-order chi connectivity index (χ1) is 17.0. The smallest absolute Gasteiger partial charge is 0.308 e. The number of piperidine rings is 1. The number of pyridine rings is 2. The Labute approximate surface area is 209 Å². The molecule has 3 aromatic rings. The Morgan fingerprint density at radius 2 is 2.20 bits per heavy atom. The average molecular weight is 498 g/mol. The van der Waals surface area contributed by atoms with Crippen LogP contribution < -0.4 is 4.74 Å². The van der Waals surface area contributed by atoms with Gasteiger partial charge in [0.15, 0.2) is 0 Å². The molecule has 0 spiro atoms. The van der Waals surface area contributed by atoms with Crippen LogP contribution in [0.25, 0.3) is 10.9 Å². The van der Waals surface area contributed by atoms with Gasteiger partial charge in [0.25, 0.3) is 0 Å². The number of hydrogen-bond acceptors (Lipinski definition) is 6. The van der Waals surface area contributed by atoms with Gasteiger partial charge < -0.3 is 14.7 Å². The zero-order chi connectivity index (χ0) is 24.6. The van der Waals surface area contributed by atoms with Gasteiger partial charge in [-0.3, -0.25) is 14.8 Å². The van der Waals surface area contributed by atoms with Crippen molar-refractivity contribution in [1.82, 2.24) is 14.9 Å². The topological polar surface area (TPSA) is 75.5 Å². The van der Waals surface area contributed by atoms with E-state index < -0.39 is 18.1 Å². The fraction of sp³-hybridized carbons (Fsp3) is 0.444. The maximum atomic E-state index is 15.4. The third-order valence-electron chi connectivity index (χ3n) is 6.79. The van der Waals surface area contributed by atoms with E-state index in [0.717, 1.165) is 47.5 Å². The van der Waals surface area contributed by atoms with Crippen molar-refractivity contribution in [1.29, 1.82) is 0 Å². The Balaban J connectivity index is 1.30. The van der Waals surface area contributed by atoms with E-state index in [4.69, 9.17) is 4.74 Å². The molecule has 3 atom stereocenters. The molecule has 6 nitrogen and oxygen atoms in total. The molecule has 0 bridgehead atoms. The summed E-state index contributed by atoms with van der Waals surface area (Å²) in [6.07, 6.45) is 6.70. The number of methoxy groups -OCH3 is 1. The second-order valence-corrected chi connectivity index (χ2v) is 10.2. The molecule has 0 unspecified atom stereocenters. The van der Waals surface area contributed by atoms with Gasteiger partial charge in [-0.1, -0.05) is 0 Å². The van der Waals surface area contributed by atoms with Gasteiger partial charge in [-0.15, -0.1) is 11.8 Å². The number of halogens is 1. The standard InChI is InChI=1S/C27H32FN3O3S/c1-34-20-6-8-26-23(16-20)22(9-12-30-26)25(28)7-5-19-10-14-31(18-24(19)27(32)33)13-3-15-35-21-4-2-11-29-17-21/h2,4,6,8-9,11-12,16-17,19,24-25H,3,5,7,10,13-15,18H2,1H3,(H,32,33)/t19-,24+,25+/m1/s1. The van der Waals surface area contributed by atoms with E-state index in [1.54, 1.807) is 37.3 Å². The molecule has 1 saturated heterocycles. The van der Waals surface area contributed by atoms with Gasteiger partial charge in [-0.25, -0.2) is 4.39 Å². The molecule has 186 valence electrons. The molecule has 0 aliphatic carbocycles. The molecular weight excluding hydrogens is 465 g/mol. The minimum Gasteiger partial charge on any atom is -0.497 e. The van der Waals surface area contributed by atoms with Crippen molar-refractivity contribution in [2.45, 2.75) is 36.8 Å². The van der Waals surface area contributed by atoms with E-state index >= 15 is 4.39 Å². The third-order valence-corrected chi connectivity index (χ3v) is 7.86. The molecule has 1 fully saturated rings. The van der Waals surface area contributed by atoms with Crippen LogP contribution in [-0.4, -0.2) is 58.4 Å². The number of likely N-dealkylation sites (tertiary alicyclic amines) is 1. The van der Waals surface area contributed by atoms with Gasteiger partial charge >= 0.3 is 5.97 Å². The zero-order valence-corrected chi connectivity index (χ0v) is 20.8. The SMILES string of the molecule is COc1ccc2nccc([C@@H](F)CC[C@@H]3CCN(CCCSc4cccnc4)C[C@@H]3C(=O)O)c2c1. The second kappa shape index (κ2) is 12.3.